The summed E-state index contributed by atoms with van der Waals surface area (Å²) < 4.78 is 5.90. The molecule has 0 spiro atoms. The predicted molar refractivity (Wildman–Crippen MR) is 79.1 cm³/mol. The first-order valence-electron chi connectivity index (χ1n) is 5.94. The SMILES string of the molecule is Cc1oc(C)c(C(=O)Nc2nnc(SCC(=O)O)s2)c1C. The van der Waals surface area contributed by atoms with E-state index in [9.17, 15) is 9.59 Å². The van der Waals surface area contributed by atoms with E-state index < -0.39 is 5.97 Å². The van der Waals surface area contributed by atoms with Gasteiger partial charge in [-0.3, -0.25) is 14.9 Å². The second-order valence-corrected chi connectivity index (χ2v) is 6.42. The van der Waals surface area contributed by atoms with Gasteiger partial charge in [0.1, 0.15) is 11.5 Å². The molecule has 0 saturated heterocycles. The molecule has 0 aliphatic heterocycles. The lowest BCUT2D eigenvalue weighted by molar-refractivity contribution is -0.133. The highest BCUT2D eigenvalue weighted by Gasteiger charge is 2.20. The van der Waals surface area contributed by atoms with Crippen molar-refractivity contribution in [2.75, 3.05) is 11.1 Å². The van der Waals surface area contributed by atoms with Gasteiger partial charge in [-0.25, -0.2) is 0 Å². The molecule has 0 radical (unpaired) electrons. The van der Waals surface area contributed by atoms with Crippen LogP contribution in [0.5, 0.6) is 0 Å². The van der Waals surface area contributed by atoms with Crippen molar-refractivity contribution in [1.29, 1.82) is 0 Å². The minimum Gasteiger partial charge on any atom is -0.481 e. The van der Waals surface area contributed by atoms with Crippen molar-refractivity contribution in [2.24, 2.45) is 0 Å². The monoisotopic (exact) mass is 327 g/mol. The summed E-state index contributed by atoms with van der Waals surface area (Å²) >= 11 is 2.19. The topological polar surface area (TPSA) is 105 Å². The van der Waals surface area contributed by atoms with Gasteiger partial charge in [0, 0.05) is 5.56 Å². The Morgan fingerprint density at radius 3 is 2.57 bits per heavy atom. The summed E-state index contributed by atoms with van der Waals surface area (Å²) in [5.41, 5.74) is 1.28. The molecule has 0 atom stereocenters. The van der Waals surface area contributed by atoms with Crippen molar-refractivity contribution in [3.05, 3.63) is 22.6 Å². The summed E-state index contributed by atoms with van der Waals surface area (Å²) in [4.78, 5) is 22.7. The standard InChI is InChI=1S/C12H13N3O4S2/c1-5-6(2)19-7(3)9(5)10(18)13-11-14-15-12(21-11)20-4-8(16)17/h4H2,1-3H3,(H,16,17)(H,13,14,18). The van der Waals surface area contributed by atoms with E-state index in [2.05, 4.69) is 15.5 Å². The maximum Gasteiger partial charge on any atom is 0.313 e. The molecule has 2 aromatic heterocycles. The Morgan fingerprint density at radius 2 is 2.00 bits per heavy atom. The summed E-state index contributed by atoms with van der Waals surface area (Å²) in [6.07, 6.45) is 0. The van der Waals surface area contributed by atoms with Gasteiger partial charge >= 0.3 is 5.97 Å². The number of hydrogen-bond donors (Lipinski definition) is 2. The molecular formula is C12H13N3O4S2. The fraction of sp³-hybridized carbons (Fsp3) is 0.333. The minimum atomic E-state index is -0.930. The number of aromatic nitrogens is 2. The Morgan fingerprint density at radius 1 is 1.29 bits per heavy atom. The predicted octanol–water partition coefficient (Wildman–Crippen LogP) is 2.49. The number of carboxylic acids is 1. The maximum atomic E-state index is 12.2. The highest BCUT2D eigenvalue weighted by Crippen LogP contribution is 2.27. The van der Waals surface area contributed by atoms with E-state index in [-0.39, 0.29) is 11.7 Å². The van der Waals surface area contributed by atoms with E-state index in [0.717, 1.165) is 28.7 Å². The zero-order chi connectivity index (χ0) is 15.6. The van der Waals surface area contributed by atoms with Crippen LogP contribution in [-0.2, 0) is 4.79 Å². The molecule has 2 N–H and O–H groups in total. The third-order valence-corrected chi connectivity index (χ3v) is 4.69. The van der Waals surface area contributed by atoms with Crippen LogP contribution in [0.3, 0.4) is 0 Å². The first kappa shape index (κ1) is 15.5. The zero-order valence-electron chi connectivity index (χ0n) is 11.6. The van der Waals surface area contributed by atoms with Crippen LogP contribution in [0.2, 0.25) is 0 Å². The lowest BCUT2D eigenvalue weighted by Gasteiger charge is -2.00. The van der Waals surface area contributed by atoms with Crippen LogP contribution >= 0.6 is 23.1 Å². The highest BCUT2D eigenvalue weighted by molar-refractivity contribution is 8.01. The second kappa shape index (κ2) is 6.27. The lowest BCUT2D eigenvalue weighted by Crippen LogP contribution is -2.13. The number of nitrogens with one attached hydrogen (secondary N) is 1. The molecule has 21 heavy (non-hydrogen) atoms. The van der Waals surface area contributed by atoms with Gasteiger partial charge in [-0.1, -0.05) is 23.1 Å². The van der Waals surface area contributed by atoms with Gasteiger partial charge < -0.3 is 9.52 Å². The molecule has 0 unspecified atom stereocenters. The van der Waals surface area contributed by atoms with Gasteiger partial charge in [0.05, 0.1) is 11.3 Å². The summed E-state index contributed by atoms with van der Waals surface area (Å²) in [5, 5.41) is 19.2. The van der Waals surface area contributed by atoms with Gasteiger partial charge in [-0.2, -0.15) is 0 Å². The van der Waals surface area contributed by atoms with Gasteiger partial charge in [-0.15, -0.1) is 10.2 Å². The third kappa shape index (κ3) is 3.61. The first-order valence-corrected chi connectivity index (χ1v) is 7.74. The number of amides is 1. The summed E-state index contributed by atoms with van der Waals surface area (Å²) in [6, 6.07) is 0. The third-order valence-electron chi connectivity index (χ3n) is 2.73. The molecular weight excluding hydrogens is 314 g/mol. The van der Waals surface area contributed by atoms with Crippen molar-refractivity contribution in [1.82, 2.24) is 10.2 Å². The lowest BCUT2D eigenvalue weighted by atomic mass is 10.1. The summed E-state index contributed by atoms with van der Waals surface area (Å²) in [5.74, 6) is -0.0874. The Kier molecular flexibility index (Phi) is 4.63. The number of furan rings is 1. The van der Waals surface area contributed by atoms with Crippen molar-refractivity contribution < 1.29 is 19.1 Å². The van der Waals surface area contributed by atoms with Crippen molar-refractivity contribution in [3.63, 3.8) is 0 Å². The number of hydrogen-bond acceptors (Lipinski definition) is 7. The number of aryl methyl sites for hydroxylation is 2. The molecule has 0 fully saturated rings. The van der Waals surface area contributed by atoms with E-state index in [0.29, 0.717) is 26.6 Å². The van der Waals surface area contributed by atoms with Gasteiger partial charge in [-0.05, 0) is 20.8 Å². The number of thioether (sulfide) groups is 1. The van der Waals surface area contributed by atoms with Crippen LogP contribution in [-0.4, -0.2) is 32.9 Å². The average molecular weight is 327 g/mol. The fourth-order valence-corrected chi connectivity index (χ4v) is 3.20. The van der Waals surface area contributed by atoms with Gasteiger partial charge in [0.25, 0.3) is 5.91 Å². The van der Waals surface area contributed by atoms with Gasteiger partial charge in [0.2, 0.25) is 5.13 Å². The number of anilines is 1. The molecule has 0 saturated carbocycles. The Bertz CT molecular complexity index is 693. The Balaban J connectivity index is 2.08. The molecule has 2 heterocycles. The molecule has 2 rings (SSSR count). The van der Waals surface area contributed by atoms with E-state index in [1.807, 2.05) is 6.92 Å². The van der Waals surface area contributed by atoms with E-state index in [1.165, 1.54) is 0 Å². The molecule has 7 nitrogen and oxygen atoms in total. The van der Waals surface area contributed by atoms with Crippen LogP contribution in [0.15, 0.2) is 8.76 Å². The smallest absolute Gasteiger partial charge is 0.313 e. The fourth-order valence-electron chi connectivity index (χ4n) is 1.73. The number of rotatable bonds is 5. The molecule has 0 aliphatic rings. The maximum absolute atomic E-state index is 12.2. The van der Waals surface area contributed by atoms with E-state index in [4.69, 9.17) is 9.52 Å². The molecule has 112 valence electrons. The number of aliphatic carboxylic acids is 1. The molecule has 1 amide bonds. The van der Waals surface area contributed by atoms with Gasteiger partial charge in [0.15, 0.2) is 4.34 Å². The van der Waals surface area contributed by atoms with Crippen LogP contribution in [0.25, 0.3) is 0 Å². The number of carboxylic acid groups (broad SMARTS) is 1. The average Bonchev–Trinajstić information content (AvgIpc) is 2.93. The molecule has 0 aliphatic carbocycles. The van der Waals surface area contributed by atoms with E-state index >= 15 is 0 Å². The highest BCUT2D eigenvalue weighted by atomic mass is 32.2. The van der Waals surface area contributed by atoms with Crippen LogP contribution < -0.4 is 5.32 Å². The Hall–Kier alpha value is -1.87. The normalized spacial score (nSPS) is 10.6. The quantitative estimate of drug-likeness (QED) is 0.642. The van der Waals surface area contributed by atoms with Crippen LogP contribution in [0, 0.1) is 20.8 Å². The molecule has 0 bridgehead atoms. The minimum absolute atomic E-state index is 0.0955. The number of nitrogens with zero attached hydrogens (tertiary/aromatic N) is 2. The molecule has 9 heteroatoms. The summed E-state index contributed by atoms with van der Waals surface area (Å²) in [6.45, 7) is 5.34. The van der Waals surface area contributed by atoms with Crippen molar-refractivity contribution in [3.8, 4) is 0 Å². The molecule has 2 aromatic rings. The summed E-state index contributed by atoms with van der Waals surface area (Å²) in [7, 11) is 0. The molecule has 0 aromatic carbocycles. The number of carbonyl (C=O) groups excluding carboxylic acids is 1. The van der Waals surface area contributed by atoms with Crippen LogP contribution in [0.4, 0.5) is 5.13 Å². The van der Waals surface area contributed by atoms with Crippen LogP contribution in [0.1, 0.15) is 27.4 Å². The van der Waals surface area contributed by atoms with E-state index in [1.54, 1.807) is 13.8 Å². The second-order valence-electron chi connectivity index (χ2n) is 4.22. The largest absolute Gasteiger partial charge is 0.481 e. The zero-order valence-corrected chi connectivity index (χ0v) is 13.2. The number of carbonyl (C=O) groups is 2. The first-order chi connectivity index (χ1) is 9.88. The van der Waals surface area contributed by atoms with Crippen molar-refractivity contribution >= 4 is 40.1 Å². The van der Waals surface area contributed by atoms with Crippen molar-refractivity contribution in [2.45, 2.75) is 25.1 Å². The Labute approximate surface area is 128 Å².